The van der Waals surface area contributed by atoms with Gasteiger partial charge in [0.25, 0.3) is 0 Å². The van der Waals surface area contributed by atoms with E-state index < -0.39 is 0 Å². The number of aryl methyl sites for hydroxylation is 1. The zero-order chi connectivity index (χ0) is 11.5. The molecule has 3 heteroatoms. The van der Waals surface area contributed by atoms with Crippen LogP contribution in [0, 0.1) is 10.6 Å². The van der Waals surface area contributed by atoms with Crippen LogP contribution in [0.5, 0.6) is 0 Å². The fourth-order valence-corrected chi connectivity index (χ4v) is 1.31. The van der Waals surface area contributed by atoms with Gasteiger partial charge in [-0.15, -0.1) is 0 Å². The topological polar surface area (TPSA) is 46.5 Å². The van der Waals surface area contributed by atoms with Crippen molar-refractivity contribution in [1.82, 2.24) is 0 Å². The van der Waals surface area contributed by atoms with Gasteiger partial charge in [0.2, 0.25) is 0 Å². The molecule has 0 radical (unpaired) electrons. The molecule has 0 heterocycles. The van der Waals surface area contributed by atoms with Crippen LogP contribution in [0.15, 0.2) is 24.3 Å². The monoisotopic (exact) mass is 208 g/mol. The molecule has 3 nitrogen and oxygen atoms in total. The van der Waals surface area contributed by atoms with Crippen LogP contribution < -0.4 is 5.23 Å². The Labute approximate surface area is 90.9 Å². The minimum atomic E-state index is -0.118. The molecule has 0 aliphatic heterocycles. The van der Waals surface area contributed by atoms with Crippen molar-refractivity contribution in [2.45, 2.75) is 33.6 Å². The molecule has 15 heavy (non-hydrogen) atoms. The second-order valence-electron chi connectivity index (χ2n) is 5.00. The first-order valence-corrected chi connectivity index (χ1v) is 5.13. The van der Waals surface area contributed by atoms with E-state index in [2.05, 4.69) is 20.8 Å². The van der Waals surface area contributed by atoms with E-state index in [-0.39, 0.29) is 10.9 Å². The van der Waals surface area contributed by atoms with E-state index in [1.54, 1.807) is 12.1 Å². The van der Waals surface area contributed by atoms with Crippen molar-refractivity contribution in [3.05, 3.63) is 35.0 Å². The van der Waals surface area contributed by atoms with E-state index in [1.165, 1.54) is 5.56 Å². The Balaban J connectivity index is 2.57. The van der Waals surface area contributed by atoms with E-state index >= 15 is 0 Å². The first-order chi connectivity index (χ1) is 6.88. The second-order valence-corrected chi connectivity index (χ2v) is 5.00. The van der Waals surface area contributed by atoms with Crippen molar-refractivity contribution in [2.24, 2.45) is 5.41 Å². The van der Waals surface area contributed by atoms with Gasteiger partial charge in [-0.2, -0.15) is 0 Å². The Hall–Kier alpha value is -1.06. The molecule has 0 bridgehead atoms. The fourth-order valence-electron chi connectivity index (χ4n) is 1.31. The highest BCUT2D eigenvalue weighted by Gasteiger charge is 2.09. The van der Waals surface area contributed by atoms with Gasteiger partial charge in [-0.1, -0.05) is 32.9 Å². The normalized spacial score (nSPS) is 11.5. The summed E-state index contributed by atoms with van der Waals surface area (Å²) in [5.74, 6) is 0. The number of nitrogens with zero attached hydrogens (tertiary/aromatic N) is 1. The van der Waals surface area contributed by atoms with Crippen LogP contribution in [0.2, 0.25) is 0 Å². The van der Waals surface area contributed by atoms with Gasteiger partial charge in [0, 0.05) is 0 Å². The number of hydrogen-bond acceptors (Lipinski definition) is 3. The van der Waals surface area contributed by atoms with Gasteiger partial charge in [-0.25, -0.2) is 0 Å². The van der Waals surface area contributed by atoms with E-state index in [0.717, 1.165) is 12.8 Å². The van der Waals surface area contributed by atoms with Crippen LogP contribution in [-0.4, -0.2) is 5.21 Å². The van der Waals surface area contributed by atoms with Crippen LogP contribution in [0.1, 0.15) is 32.8 Å². The van der Waals surface area contributed by atoms with E-state index in [4.69, 9.17) is 5.21 Å². The Kier molecular flexibility index (Phi) is 3.72. The molecule has 1 rings (SSSR count). The van der Waals surface area contributed by atoms with Gasteiger partial charge in [-0.3, -0.25) is 5.21 Å². The SMILES string of the molecule is CC(C)(C)CCc1ccc(N([O-])O)cc1. The van der Waals surface area contributed by atoms with Crippen LogP contribution in [-0.2, 0) is 6.42 Å². The highest BCUT2D eigenvalue weighted by Crippen LogP contribution is 2.22. The molecule has 0 saturated heterocycles. The molecule has 0 saturated carbocycles. The zero-order valence-corrected chi connectivity index (χ0v) is 9.53. The van der Waals surface area contributed by atoms with Gasteiger partial charge in [0.1, 0.15) is 0 Å². The Morgan fingerprint density at radius 3 is 2.13 bits per heavy atom. The third kappa shape index (κ3) is 4.32. The average molecular weight is 208 g/mol. The molecule has 0 amide bonds. The van der Waals surface area contributed by atoms with Gasteiger partial charge in [0.15, 0.2) is 0 Å². The highest BCUT2D eigenvalue weighted by atomic mass is 16.8. The van der Waals surface area contributed by atoms with Crippen LogP contribution in [0.4, 0.5) is 5.69 Å². The Morgan fingerprint density at radius 2 is 1.73 bits per heavy atom. The number of hydrogen-bond donors (Lipinski definition) is 1. The van der Waals surface area contributed by atoms with Gasteiger partial charge in [0.05, 0.1) is 5.69 Å². The lowest BCUT2D eigenvalue weighted by Crippen LogP contribution is -2.08. The van der Waals surface area contributed by atoms with Crippen molar-refractivity contribution in [3.63, 3.8) is 0 Å². The average Bonchev–Trinajstić information content (AvgIpc) is 2.14. The minimum Gasteiger partial charge on any atom is -0.733 e. The summed E-state index contributed by atoms with van der Waals surface area (Å²) in [4.78, 5) is 0. The van der Waals surface area contributed by atoms with Crippen LogP contribution in [0.3, 0.4) is 0 Å². The maximum absolute atomic E-state index is 10.5. The molecule has 1 aromatic carbocycles. The molecule has 0 spiro atoms. The van der Waals surface area contributed by atoms with Crippen molar-refractivity contribution < 1.29 is 5.21 Å². The van der Waals surface area contributed by atoms with Gasteiger partial charge >= 0.3 is 0 Å². The predicted molar refractivity (Wildman–Crippen MR) is 61.9 cm³/mol. The molecular weight excluding hydrogens is 190 g/mol. The fraction of sp³-hybridized carbons (Fsp3) is 0.500. The molecule has 0 aliphatic carbocycles. The third-order valence-corrected chi connectivity index (χ3v) is 2.32. The summed E-state index contributed by atoms with van der Waals surface area (Å²) in [6, 6.07) is 7.01. The maximum Gasteiger partial charge on any atom is 0.0508 e. The number of anilines is 1. The first kappa shape index (κ1) is 12.0. The van der Waals surface area contributed by atoms with Gasteiger partial charge in [-0.05, 0) is 36.0 Å². The lowest BCUT2D eigenvalue weighted by Gasteiger charge is -2.22. The first-order valence-electron chi connectivity index (χ1n) is 5.13. The minimum absolute atomic E-state index is 0.118. The summed E-state index contributed by atoms with van der Waals surface area (Å²) in [5.41, 5.74) is 1.78. The molecule has 0 fully saturated rings. The molecule has 0 atom stereocenters. The third-order valence-electron chi connectivity index (χ3n) is 2.32. The maximum atomic E-state index is 10.5. The van der Waals surface area contributed by atoms with Crippen molar-refractivity contribution in [3.8, 4) is 0 Å². The van der Waals surface area contributed by atoms with Crippen molar-refractivity contribution in [2.75, 3.05) is 5.23 Å². The summed E-state index contributed by atoms with van der Waals surface area (Å²) < 4.78 is 0. The second kappa shape index (κ2) is 4.64. The van der Waals surface area contributed by atoms with Crippen LogP contribution in [0.25, 0.3) is 0 Å². The molecule has 84 valence electrons. The van der Waals surface area contributed by atoms with E-state index in [0.29, 0.717) is 5.41 Å². The Bertz CT molecular complexity index is 298. The number of benzene rings is 1. The quantitative estimate of drug-likeness (QED) is 0.775. The molecule has 0 aliphatic rings. The lowest BCUT2D eigenvalue weighted by molar-refractivity contribution is 0.296. The molecule has 0 aromatic heterocycles. The number of rotatable bonds is 3. The van der Waals surface area contributed by atoms with E-state index in [9.17, 15) is 5.21 Å². The summed E-state index contributed by atoms with van der Waals surface area (Å²) in [6.07, 6.45) is 2.10. The summed E-state index contributed by atoms with van der Waals surface area (Å²) in [7, 11) is 0. The summed E-state index contributed by atoms with van der Waals surface area (Å²) >= 11 is 0. The molecule has 1 N–H and O–H groups in total. The van der Waals surface area contributed by atoms with Crippen LogP contribution >= 0.6 is 0 Å². The van der Waals surface area contributed by atoms with Crippen molar-refractivity contribution >= 4 is 5.69 Å². The molecule has 1 aromatic rings. The smallest absolute Gasteiger partial charge is 0.0508 e. The zero-order valence-electron chi connectivity index (χ0n) is 9.53. The van der Waals surface area contributed by atoms with Gasteiger partial charge < -0.3 is 10.4 Å². The predicted octanol–water partition coefficient (Wildman–Crippen LogP) is 3.36. The Morgan fingerprint density at radius 1 is 1.20 bits per heavy atom. The van der Waals surface area contributed by atoms with Crippen molar-refractivity contribution in [1.29, 1.82) is 0 Å². The molecular formula is C12H18NO2-. The lowest BCUT2D eigenvalue weighted by atomic mass is 9.89. The summed E-state index contributed by atoms with van der Waals surface area (Å²) in [5, 5.41) is 19.1. The summed E-state index contributed by atoms with van der Waals surface area (Å²) in [6.45, 7) is 6.61. The highest BCUT2D eigenvalue weighted by molar-refractivity contribution is 5.45. The standard InChI is InChI=1S/C12H18NO2/c1-12(2,3)9-8-10-4-6-11(7-5-10)13(14)15/h4-7,14H,8-9H2,1-3H3/q-1. The largest absolute Gasteiger partial charge is 0.733 e. The van der Waals surface area contributed by atoms with E-state index in [1.807, 2.05) is 12.1 Å². The molecule has 0 unspecified atom stereocenters.